The Morgan fingerprint density at radius 2 is 2.00 bits per heavy atom. The predicted molar refractivity (Wildman–Crippen MR) is 113 cm³/mol. The standard InChI is InChI=1S/C23H23FN2O4S/c24-21-10-18(30-14-15-3-4-15)7-8-20(21)23-22(16-5-6-16)17(13-27)12-26(23)31(28,29)19-2-1-9-25-11-19/h1-2,7-12,15-16,27H,3-6,13-14H2. The maximum absolute atomic E-state index is 15.3. The van der Waals surface area contributed by atoms with E-state index in [4.69, 9.17) is 4.74 Å². The summed E-state index contributed by atoms with van der Waals surface area (Å²) < 4.78 is 48.8. The molecular weight excluding hydrogens is 419 g/mol. The van der Waals surface area contributed by atoms with Gasteiger partial charge in [0, 0.05) is 35.8 Å². The number of pyridine rings is 1. The minimum atomic E-state index is -4.03. The SMILES string of the molecule is O=S(=O)(c1cccnc1)n1cc(CO)c(C2CC2)c1-c1ccc(OCC2CC2)cc1F. The molecule has 6 nitrogen and oxygen atoms in total. The van der Waals surface area contributed by atoms with Crippen LogP contribution in [0.1, 0.15) is 42.7 Å². The molecule has 5 rings (SSSR count). The van der Waals surface area contributed by atoms with Crippen LogP contribution in [0.2, 0.25) is 0 Å². The second kappa shape index (κ2) is 7.76. The Balaban J connectivity index is 1.64. The highest BCUT2D eigenvalue weighted by atomic mass is 32.2. The number of aliphatic hydroxyl groups excluding tert-OH is 1. The molecule has 0 bridgehead atoms. The van der Waals surface area contributed by atoms with Gasteiger partial charge in [0.2, 0.25) is 0 Å². The molecule has 162 valence electrons. The van der Waals surface area contributed by atoms with Crippen LogP contribution in [-0.4, -0.2) is 29.1 Å². The molecule has 8 heteroatoms. The predicted octanol–water partition coefficient (Wildman–Crippen LogP) is 4.08. The molecule has 31 heavy (non-hydrogen) atoms. The third-order valence-electron chi connectivity index (χ3n) is 5.82. The Hall–Kier alpha value is -2.71. The van der Waals surface area contributed by atoms with Crippen molar-refractivity contribution in [3.63, 3.8) is 0 Å². The molecule has 0 saturated heterocycles. The molecule has 0 atom stereocenters. The van der Waals surface area contributed by atoms with E-state index in [2.05, 4.69) is 4.98 Å². The van der Waals surface area contributed by atoms with Gasteiger partial charge in [-0.2, -0.15) is 0 Å². The van der Waals surface area contributed by atoms with Gasteiger partial charge in [0.05, 0.1) is 18.9 Å². The van der Waals surface area contributed by atoms with E-state index < -0.39 is 15.8 Å². The normalized spacial score (nSPS) is 16.5. The number of hydrogen-bond donors (Lipinski definition) is 1. The number of aliphatic hydroxyl groups is 1. The molecule has 0 unspecified atom stereocenters. The van der Waals surface area contributed by atoms with Gasteiger partial charge in [-0.05, 0) is 67.3 Å². The number of benzene rings is 1. The summed E-state index contributed by atoms with van der Waals surface area (Å²) in [5.74, 6) is 0.517. The van der Waals surface area contributed by atoms with Crippen LogP contribution in [0.3, 0.4) is 0 Å². The molecule has 2 fully saturated rings. The average Bonchev–Trinajstić information content (AvgIpc) is 3.71. The summed E-state index contributed by atoms with van der Waals surface area (Å²) in [6, 6.07) is 7.53. The van der Waals surface area contributed by atoms with Gasteiger partial charge in [0.15, 0.2) is 0 Å². The molecular formula is C23H23FN2O4S. The summed E-state index contributed by atoms with van der Waals surface area (Å²) in [7, 11) is -4.03. The van der Waals surface area contributed by atoms with Crippen molar-refractivity contribution in [3.8, 4) is 17.0 Å². The van der Waals surface area contributed by atoms with Crippen molar-refractivity contribution in [3.05, 3.63) is 65.9 Å². The van der Waals surface area contributed by atoms with E-state index in [1.165, 1.54) is 36.8 Å². The van der Waals surface area contributed by atoms with E-state index in [1.54, 1.807) is 12.1 Å². The smallest absolute Gasteiger partial charge is 0.269 e. The van der Waals surface area contributed by atoms with Crippen molar-refractivity contribution in [1.82, 2.24) is 8.96 Å². The Morgan fingerprint density at radius 1 is 1.19 bits per heavy atom. The Bertz CT molecular complexity index is 1220. The summed E-state index contributed by atoms with van der Waals surface area (Å²) in [4.78, 5) is 3.91. The van der Waals surface area contributed by atoms with E-state index >= 15 is 4.39 Å². The molecule has 3 aromatic rings. The second-order valence-corrected chi connectivity index (χ2v) is 10.0. The lowest BCUT2D eigenvalue weighted by atomic mass is 10.0. The molecule has 2 aromatic heterocycles. The van der Waals surface area contributed by atoms with Gasteiger partial charge in [-0.15, -0.1) is 0 Å². The fourth-order valence-electron chi connectivity index (χ4n) is 3.84. The largest absolute Gasteiger partial charge is 0.493 e. The summed E-state index contributed by atoms with van der Waals surface area (Å²) in [5, 5.41) is 9.92. The van der Waals surface area contributed by atoms with Crippen LogP contribution in [-0.2, 0) is 16.6 Å². The van der Waals surface area contributed by atoms with Crippen molar-refractivity contribution in [2.45, 2.75) is 43.1 Å². The third-order valence-corrected chi connectivity index (χ3v) is 7.46. The first-order chi connectivity index (χ1) is 15.0. The van der Waals surface area contributed by atoms with Crippen molar-refractivity contribution < 1.29 is 22.7 Å². The zero-order valence-electron chi connectivity index (χ0n) is 16.9. The number of hydrogen-bond acceptors (Lipinski definition) is 5. The zero-order valence-corrected chi connectivity index (χ0v) is 17.7. The van der Waals surface area contributed by atoms with Crippen LogP contribution in [0.15, 0.2) is 53.8 Å². The van der Waals surface area contributed by atoms with Crippen LogP contribution < -0.4 is 4.74 Å². The highest BCUT2D eigenvalue weighted by molar-refractivity contribution is 7.90. The summed E-state index contributed by atoms with van der Waals surface area (Å²) in [6.45, 7) is 0.241. The fraction of sp³-hybridized carbons (Fsp3) is 0.348. The van der Waals surface area contributed by atoms with E-state index in [9.17, 15) is 13.5 Å². The first-order valence-corrected chi connectivity index (χ1v) is 11.9. The first-order valence-electron chi connectivity index (χ1n) is 10.4. The molecule has 0 radical (unpaired) electrons. The Morgan fingerprint density at radius 3 is 2.61 bits per heavy atom. The number of aromatic nitrogens is 2. The maximum atomic E-state index is 15.3. The van der Waals surface area contributed by atoms with Crippen LogP contribution in [0.4, 0.5) is 4.39 Å². The van der Waals surface area contributed by atoms with Gasteiger partial charge in [-0.1, -0.05) is 0 Å². The van der Waals surface area contributed by atoms with Gasteiger partial charge < -0.3 is 9.84 Å². The quantitative estimate of drug-likeness (QED) is 0.568. The first kappa shape index (κ1) is 20.2. The average molecular weight is 443 g/mol. The Labute approximate surface area is 180 Å². The van der Waals surface area contributed by atoms with Crippen LogP contribution >= 0.6 is 0 Å². The van der Waals surface area contributed by atoms with Crippen LogP contribution in [0.5, 0.6) is 5.75 Å². The second-order valence-electron chi connectivity index (χ2n) is 8.23. The number of halogens is 1. The molecule has 2 saturated carbocycles. The van der Waals surface area contributed by atoms with Crippen molar-refractivity contribution >= 4 is 10.0 Å². The molecule has 2 aliphatic carbocycles. The highest BCUT2D eigenvalue weighted by Gasteiger charge is 2.35. The molecule has 0 spiro atoms. The fourth-order valence-corrected chi connectivity index (χ4v) is 5.22. The van der Waals surface area contributed by atoms with Crippen molar-refractivity contribution in [1.29, 1.82) is 0 Å². The monoisotopic (exact) mass is 442 g/mol. The van der Waals surface area contributed by atoms with Gasteiger partial charge in [0.25, 0.3) is 10.0 Å². The molecule has 2 aliphatic rings. The molecule has 1 N–H and O–H groups in total. The van der Waals surface area contributed by atoms with Gasteiger partial charge in [-0.25, -0.2) is 16.8 Å². The topological polar surface area (TPSA) is 81.4 Å². The van der Waals surface area contributed by atoms with Gasteiger partial charge >= 0.3 is 0 Å². The third kappa shape index (κ3) is 3.85. The van der Waals surface area contributed by atoms with Crippen molar-refractivity contribution in [2.24, 2.45) is 5.92 Å². The summed E-state index contributed by atoms with van der Waals surface area (Å²) in [6.07, 6.45) is 8.18. The van der Waals surface area contributed by atoms with E-state index in [0.717, 1.165) is 29.7 Å². The lowest BCUT2D eigenvalue weighted by Crippen LogP contribution is -2.14. The van der Waals surface area contributed by atoms with E-state index in [1.807, 2.05) is 0 Å². The molecule has 0 aliphatic heterocycles. The van der Waals surface area contributed by atoms with E-state index in [0.29, 0.717) is 29.4 Å². The maximum Gasteiger partial charge on any atom is 0.269 e. The van der Waals surface area contributed by atoms with Crippen LogP contribution in [0.25, 0.3) is 11.3 Å². The molecule has 2 heterocycles. The van der Waals surface area contributed by atoms with Crippen molar-refractivity contribution in [2.75, 3.05) is 6.61 Å². The summed E-state index contributed by atoms with van der Waals surface area (Å²) >= 11 is 0. The van der Waals surface area contributed by atoms with E-state index in [-0.39, 0.29) is 28.7 Å². The number of ether oxygens (including phenoxy) is 1. The highest BCUT2D eigenvalue weighted by Crippen LogP contribution is 2.48. The molecule has 1 aromatic carbocycles. The minimum absolute atomic E-state index is 0.00267. The summed E-state index contributed by atoms with van der Waals surface area (Å²) in [5.41, 5.74) is 1.63. The minimum Gasteiger partial charge on any atom is -0.493 e. The number of rotatable bonds is 8. The lowest BCUT2D eigenvalue weighted by Gasteiger charge is -2.14. The van der Waals surface area contributed by atoms with Gasteiger partial charge in [0.1, 0.15) is 16.5 Å². The molecule has 0 amide bonds. The van der Waals surface area contributed by atoms with Gasteiger partial charge in [-0.3, -0.25) is 4.98 Å². The lowest BCUT2D eigenvalue weighted by molar-refractivity contribution is 0.281. The number of nitrogens with zero attached hydrogens (tertiary/aromatic N) is 2. The Kier molecular flexibility index (Phi) is 5.06. The zero-order chi connectivity index (χ0) is 21.6. The van der Waals surface area contributed by atoms with Crippen LogP contribution in [0, 0.1) is 11.7 Å².